The maximum atomic E-state index is 13.2. The maximum absolute atomic E-state index is 13.2. The standard InChI is InChI=1S/C26H22N2O7S2/c1-15-5-4-6-16(2)20(15)14-37(33,34)19-9-10-21-23(13-19)36-24(25(29)27-21)12-17-7-8-18(26(30)35-3)11-22(17)28(31)32/h4-13H,14H2,1-3H3,(H,27,29). The second kappa shape index (κ2) is 10.2. The van der Waals surface area contributed by atoms with E-state index in [4.69, 9.17) is 0 Å². The minimum Gasteiger partial charge on any atom is -0.465 e. The number of rotatable bonds is 6. The molecule has 3 aromatic carbocycles. The number of nitro benzene ring substituents is 1. The molecule has 37 heavy (non-hydrogen) atoms. The predicted octanol–water partition coefficient (Wildman–Crippen LogP) is 5.06. The summed E-state index contributed by atoms with van der Waals surface area (Å²) in [6.07, 6.45) is 1.33. The summed E-state index contributed by atoms with van der Waals surface area (Å²) in [4.78, 5) is 36.1. The topological polar surface area (TPSA) is 133 Å². The number of carbonyl (C=O) groups is 2. The van der Waals surface area contributed by atoms with Crippen molar-refractivity contribution in [2.75, 3.05) is 12.4 Å². The lowest BCUT2D eigenvalue weighted by Gasteiger charge is -2.20. The fourth-order valence-corrected chi connectivity index (χ4v) is 6.52. The predicted molar refractivity (Wildman–Crippen MR) is 140 cm³/mol. The molecule has 0 unspecified atom stereocenters. The molecule has 190 valence electrons. The van der Waals surface area contributed by atoms with Crippen LogP contribution in [0.3, 0.4) is 0 Å². The smallest absolute Gasteiger partial charge is 0.338 e. The summed E-state index contributed by atoms with van der Waals surface area (Å²) in [5.41, 5.74) is 2.68. The molecule has 1 aliphatic rings. The highest BCUT2D eigenvalue weighted by atomic mass is 32.2. The normalized spacial score (nSPS) is 14.1. The second-order valence-electron chi connectivity index (χ2n) is 8.37. The summed E-state index contributed by atoms with van der Waals surface area (Å²) in [7, 11) is -2.53. The third-order valence-corrected chi connectivity index (χ3v) is 8.64. The Labute approximate surface area is 217 Å². The molecule has 1 aliphatic heterocycles. The zero-order chi connectivity index (χ0) is 26.9. The molecule has 0 spiro atoms. The first-order chi connectivity index (χ1) is 17.5. The molecule has 0 atom stereocenters. The number of amides is 1. The van der Waals surface area contributed by atoms with E-state index in [1.807, 2.05) is 32.0 Å². The highest BCUT2D eigenvalue weighted by Crippen LogP contribution is 2.41. The largest absolute Gasteiger partial charge is 0.465 e. The van der Waals surface area contributed by atoms with Crippen LogP contribution in [0.2, 0.25) is 0 Å². The molecule has 0 aromatic heterocycles. The molecule has 1 heterocycles. The van der Waals surface area contributed by atoms with Gasteiger partial charge in [-0.1, -0.05) is 30.0 Å². The number of hydrogen-bond acceptors (Lipinski definition) is 8. The average Bonchev–Trinajstić information content (AvgIpc) is 2.86. The number of fused-ring (bicyclic) bond motifs is 1. The lowest BCUT2D eigenvalue weighted by molar-refractivity contribution is -0.385. The Morgan fingerprint density at radius 1 is 1.11 bits per heavy atom. The number of nitrogens with zero attached hydrogens (tertiary/aromatic N) is 1. The number of thioether (sulfide) groups is 1. The molecule has 0 radical (unpaired) electrons. The Bertz CT molecular complexity index is 1570. The molecular formula is C26H22N2O7S2. The molecule has 1 N–H and O–H groups in total. The van der Waals surface area contributed by atoms with E-state index in [-0.39, 0.29) is 32.4 Å². The number of anilines is 1. The van der Waals surface area contributed by atoms with Gasteiger partial charge in [-0.05, 0) is 66.9 Å². The Balaban J connectivity index is 1.69. The average molecular weight is 539 g/mol. The molecule has 0 bridgehead atoms. The Hall–Kier alpha value is -3.96. The SMILES string of the molecule is COC(=O)c1ccc(C=C2Sc3cc(S(=O)(=O)Cc4c(C)cccc4C)ccc3NC2=O)c([N+](=O)[O-])c1. The van der Waals surface area contributed by atoms with Gasteiger partial charge in [-0.15, -0.1) is 0 Å². The van der Waals surface area contributed by atoms with Gasteiger partial charge in [-0.25, -0.2) is 13.2 Å². The van der Waals surface area contributed by atoms with E-state index in [9.17, 15) is 28.1 Å². The van der Waals surface area contributed by atoms with Crippen LogP contribution in [0.5, 0.6) is 0 Å². The molecule has 0 saturated carbocycles. The van der Waals surface area contributed by atoms with Crippen LogP contribution in [0.15, 0.2) is 69.3 Å². The van der Waals surface area contributed by atoms with Crippen LogP contribution in [-0.4, -0.2) is 32.3 Å². The summed E-state index contributed by atoms with van der Waals surface area (Å²) in [5.74, 6) is -1.38. The summed E-state index contributed by atoms with van der Waals surface area (Å²) >= 11 is 1.01. The molecule has 11 heteroatoms. The number of nitrogens with one attached hydrogen (secondary N) is 1. The minimum absolute atomic E-state index is 0.00109. The number of ether oxygens (including phenoxy) is 1. The Kier molecular flexibility index (Phi) is 7.19. The Morgan fingerprint density at radius 3 is 2.46 bits per heavy atom. The lowest BCUT2D eigenvalue weighted by atomic mass is 10.1. The van der Waals surface area contributed by atoms with Gasteiger partial charge in [-0.2, -0.15) is 0 Å². The monoisotopic (exact) mass is 538 g/mol. The number of carbonyl (C=O) groups excluding carboxylic acids is 2. The molecule has 3 aromatic rings. The second-order valence-corrected chi connectivity index (χ2v) is 11.4. The van der Waals surface area contributed by atoms with E-state index in [0.29, 0.717) is 10.6 Å². The summed E-state index contributed by atoms with van der Waals surface area (Å²) in [6.45, 7) is 3.73. The van der Waals surface area contributed by atoms with Crippen LogP contribution in [0.25, 0.3) is 6.08 Å². The van der Waals surface area contributed by atoms with Crippen LogP contribution in [-0.2, 0) is 25.1 Å². The molecule has 1 amide bonds. The van der Waals surface area contributed by atoms with Gasteiger partial charge in [0.05, 0.1) is 44.4 Å². The van der Waals surface area contributed by atoms with Crippen molar-refractivity contribution in [3.8, 4) is 0 Å². The maximum Gasteiger partial charge on any atom is 0.338 e. The van der Waals surface area contributed by atoms with E-state index >= 15 is 0 Å². The number of benzene rings is 3. The summed E-state index contributed by atoms with van der Waals surface area (Å²) in [6, 6.07) is 13.9. The number of sulfone groups is 1. The van der Waals surface area contributed by atoms with Crippen molar-refractivity contribution in [3.05, 3.63) is 97.4 Å². The Morgan fingerprint density at radius 2 is 1.81 bits per heavy atom. The number of methoxy groups -OCH3 is 1. The van der Waals surface area contributed by atoms with Gasteiger partial charge in [0.1, 0.15) is 0 Å². The first-order valence-electron chi connectivity index (χ1n) is 11.0. The fraction of sp³-hybridized carbons (Fsp3) is 0.154. The minimum atomic E-state index is -3.69. The van der Waals surface area contributed by atoms with Crippen molar-refractivity contribution in [1.82, 2.24) is 0 Å². The van der Waals surface area contributed by atoms with Gasteiger partial charge >= 0.3 is 5.97 Å². The van der Waals surface area contributed by atoms with Gasteiger partial charge < -0.3 is 10.1 Å². The zero-order valence-corrected chi connectivity index (χ0v) is 21.7. The van der Waals surface area contributed by atoms with Gasteiger partial charge in [0.25, 0.3) is 11.6 Å². The highest BCUT2D eigenvalue weighted by Gasteiger charge is 2.26. The van der Waals surface area contributed by atoms with Crippen molar-refractivity contribution >= 4 is 50.9 Å². The molecule has 4 rings (SSSR count). The molecule has 0 saturated heterocycles. The van der Waals surface area contributed by atoms with Crippen LogP contribution < -0.4 is 5.32 Å². The van der Waals surface area contributed by atoms with E-state index in [0.717, 1.165) is 34.5 Å². The van der Waals surface area contributed by atoms with Gasteiger partial charge in [0.2, 0.25) is 0 Å². The van der Waals surface area contributed by atoms with Crippen LogP contribution in [0.1, 0.15) is 32.6 Å². The van der Waals surface area contributed by atoms with Crippen LogP contribution in [0, 0.1) is 24.0 Å². The number of aryl methyl sites for hydroxylation is 2. The van der Waals surface area contributed by atoms with E-state index in [2.05, 4.69) is 10.1 Å². The van der Waals surface area contributed by atoms with E-state index in [1.54, 1.807) is 0 Å². The van der Waals surface area contributed by atoms with Crippen LogP contribution in [0.4, 0.5) is 11.4 Å². The van der Waals surface area contributed by atoms with Gasteiger partial charge in [0.15, 0.2) is 9.84 Å². The first kappa shape index (κ1) is 26.1. The third-order valence-electron chi connectivity index (χ3n) is 5.92. The van der Waals surface area contributed by atoms with Gasteiger partial charge in [-0.3, -0.25) is 14.9 Å². The highest BCUT2D eigenvalue weighted by molar-refractivity contribution is 8.04. The summed E-state index contributed by atoms with van der Waals surface area (Å²) in [5, 5.41) is 14.3. The molecule has 9 nitrogen and oxygen atoms in total. The fourth-order valence-electron chi connectivity index (χ4n) is 3.89. The third kappa shape index (κ3) is 5.42. The van der Waals surface area contributed by atoms with E-state index < -0.39 is 26.6 Å². The first-order valence-corrected chi connectivity index (χ1v) is 13.5. The molecule has 0 fully saturated rings. The van der Waals surface area contributed by atoms with Crippen molar-refractivity contribution < 1.29 is 27.7 Å². The number of esters is 1. The molecule has 0 aliphatic carbocycles. The van der Waals surface area contributed by atoms with E-state index in [1.165, 1.54) is 43.5 Å². The van der Waals surface area contributed by atoms with Crippen molar-refractivity contribution in [2.45, 2.75) is 29.4 Å². The van der Waals surface area contributed by atoms with Crippen molar-refractivity contribution in [1.29, 1.82) is 0 Å². The van der Waals surface area contributed by atoms with Crippen molar-refractivity contribution in [3.63, 3.8) is 0 Å². The van der Waals surface area contributed by atoms with Crippen LogP contribution >= 0.6 is 11.8 Å². The molecular weight excluding hydrogens is 516 g/mol. The number of nitro groups is 1. The zero-order valence-electron chi connectivity index (χ0n) is 20.1. The van der Waals surface area contributed by atoms with Crippen molar-refractivity contribution in [2.24, 2.45) is 0 Å². The quantitative estimate of drug-likeness (QED) is 0.199. The number of hydrogen-bond donors (Lipinski definition) is 1. The van der Waals surface area contributed by atoms with Gasteiger partial charge in [0, 0.05) is 11.0 Å². The summed E-state index contributed by atoms with van der Waals surface area (Å²) < 4.78 is 31.1. The lowest BCUT2D eigenvalue weighted by Crippen LogP contribution is -2.18.